The highest BCUT2D eigenvalue weighted by Crippen LogP contribution is 2.39. The lowest BCUT2D eigenvalue weighted by Crippen LogP contribution is -2.48. The van der Waals surface area contributed by atoms with Crippen LogP contribution in [0.3, 0.4) is 0 Å². The zero-order valence-electron chi connectivity index (χ0n) is 18.8. The third-order valence-electron chi connectivity index (χ3n) is 5.41. The average Bonchev–Trinajstić information content (AvgIpc) is 3.37. The Labute approximate surface area is 216 Å². The highest BCUT2D eigenvalue weighted by Gasteiger charge is 2.38. The number of sulfonamides is 1. The molecule has 0 spiro atoms. The molecule has 36 heavy (non-hydrogen) atoms. The van der Waals surface area contributed by atoms with Gasteiger partial charge in [-0.3, -0.25) is 14.4 Å². The minimum Gasteiger partial charge on any atom is -0.497 e. The Morgan fingerprint density at radius 2 is 1.86 bits per heavy atom. The van der Waals surface area contributed by atoms with Crippen molar-refractivity contribution in [3.05, 3.63) is 77.8 Å². The van der Waals surface area contributed by atoms with Gasteiger partial charge in [-0.05, 0) is 42.5 Å². The molecule has 1 amide bonds. The van der Waals surface area contributed by atoms with Crippen molar-refractivity contribution in [1.82, 2.24) is 10.2 Å². The van der Waals surface area contributed by atoms with E-state index in [1.165, 1.54) is 42.7 Å². The number of carbonyl (C=O) groups excluding carboxylic acids is 1. The standard InChI is InChI=1S/C24H19ClN4O5S2/c1-33-17-8-10-18(11-9-17)36(31,32)29-14-21(34-20-12-7-16(25)13-19(20)29)22(30)26-24-28-27-23(35-24)15-5-3-2-4-6-15/h2-13,21H,14H2,1H3,(H,26,28,30)/t21-/m1/s1. The first-order valence-corrected chi connectivity index (χ1v) is 13.3. The van der Waals surface area contributed by atoms with Gasteiger partial charge in [-0.2, -0.15) is 0 Å². The van der Waals surface area contributed by atoms with E-state index >= 15 is 0 Å². The minimum atomic E-state index is -4.05. The van der Waals surface area contributed by atoms with Gasteiger partial charge in [-0.1, -0.05) is 53.3 Å². The van der Waals surface area contributed by atoms with Crippen molar-refractivity contribution in [3.8, 4) is 22.1 Å². The summed E-state index contributed by atoms with van der Waals surface area (Å²) < 4.78 is 39.3. The molecule has 1 aliphatic heterocycles. The van der Waals surface area contributed by atoms with Crippen LogP contribution in [0.4, 0.5) is 10.8 Å². The molecule has 0 unspecified atom stereocenters. The first-order chi connectivity index (χ1) is 17.3. The maximum Gasteiger partial charge on any atom is 0.269 e. The third-order valence-corrected chi connectivity index (χ3v) is 8.32. The Kier molecular flexibility index (Phi) is 6.52. The lowest BCUT2D eigenvalue weighted by molar-refractivity contribution is -0.122. The van der Waals surface area contributed by atoms with Gasteiger partial charge in [-0.25, -0.2) is 8.42 Å². The minimum absolute atomic E-state index is 0.0342. The van der Waals surface area contributed by atoms with E-state index in [2.05, 4.69) is 15.5 Å². The van der Waals surface area contributed by atoms with E-state index in [4.69, 9.17) is 21.1 Å². The van der Waals surface area contributed by atoms with Crippen molar-refractivity contribution in [2.75, 3.05) is 23.3 Å². The summed E-state index contributed by atoms with van der Waals surface area (Å²) in [6.45, 7) is -0.266. The number of nitrogens with one attached hydrogen (secondary N) is 1. The average molecular weight is 543 g/mol. The Balaban J connectivity index is 1.42. The highest BCUT2D eigenvalue weighted by molar-refractivity contribution is 7.92. The topological polar surface area (TPSA) is 111 Å². The summed E-state index contributed by atoms with van der Waals surface area (Å²) in [5, 5.41) is 12.1. The lowest BCUT2D eigenvalue weighted by atomic mass is 10.2. The molecule has 184 valence electrons. The number of aromatic nitrogens is 2. The molecule has 0 aliphatic carbocycles. The van der Waals surface area contributed by atoms with Gasteiger partial charge in [0.05, 0.1) is 24.2 Å². The van der Waals surface area contributed by atoms with E-state index in [9.17, 15) is 13.2 Å². The number of hydrogen-bond donors (Lipinski definition) is 1. The van der Waals surface area contributed by atoms with Crippen LogP contribution in [0.5, 0.6) is 11.5 Å². The van der Waals surface area contributed by atoms with Gasteiger partial charge in [0.1, 0.15) is 16.5 Å². The summed E-state index contributed by atoms with van der Waals surface area (Å²) in [5.41, 5.74) is 1.11. The molecule has 5 rings (SSSR count). The number of rotatable bonds is 6. The van der Waals surface area contributed by atoms with Crippen LogP contribution >= 0.6 is 22.9 Å². The third kappa shape index (κ3) is 4.72. The van der Waals surface area contributed by atoms with Crippen LogP contribution in [-0.2, 0) is 14.8 Å². The van der Waals surface area contributed by atoms with Gasteiger partial charge in [0, 0.05) is 10.6 Å². The van der Waals surface area contributed by atoms with Gasteiger partial charge in [-0.15, -0.1) is 10.2 Å². The Bertz CT molecular complexity index is 1510. The van der Waals surface area contributed by atoms with Crippen molar-refractivity contribution in [2.45, 2.75) is 11.0 Å². The van der Waals surface area contributed by atoms with Crippen LogP contribution in [0.25, 0.3) is 10.6 Å². The number of hydrogen-bond acceptors (Lipinski definition) is 8. The van der Waals surface area contributed by atoms with Gasteiger partial charge < -0.3 is 9.47 Å². The summed E-state index contributed by atoms with van der Waals surface area (Å²) in [7, 11) is -2.56. The summed E-state index contributed by atoms with van der Waals surface area (Å²) in [6, 6.07) is 20.0. The largest absolute Gasteiger partial charge is 0.497 e. The maximum absolute atomic E-state index is 13.6. The van der Waals surface area contributed by atoms with Crippen molar-refractivity contribution < 1.29 is 22.7 Å². The maximum atomic E-state index is 13.6. The second-order valence-corrected chi connectivity index (χ2v) is 11.0. The quantitative estimate of drug-likeness (QED) is 0.383. The molecule has 4 aromatic rings. The van der Waals surface area contributed by atoms with Gasteiger partial charge in [0.15, 0.2) is 6.10 Å². The fourth-order valence-corrected chi connectivity index (χ4v) is 6.01. The number of nitrogens with zero attached hydrogens (tertiary/aromatic N) is 3. The molecule has 9 nitrogen and oxygen atoms in total. The van der Waals surface area contributed by atoms with Gasteiger partial charge in [0.2, 0.25) is 5.13 Å². The molecule has 1 aliphatic rings. The number of methoxy groups -OCH3 is 1. The molecular formula is C24H19ClN4O5S2. The molecule has 0 saturated heterocycles. The molecule has 3 aromatic carbocycles. The zero-order chi connectivity index (χ0) is 25.3. The molecule has 1 aromatic heterocycles. The summed E-state index contributed by atoms with van der Waals surface area (Å²) in [6.07, 6.45) is -1.14. The monoisotopic (exact) mass is 542 g/mol. The van der Waals surface area contributed by atoms with Crippen LogP contribution < -0.4 is 19.1 Å². The number of carbonyl (C=O) groups is 1. The number of fused-ring (bicyclic) bond motifs is 1. The first kappa shape index (κ1) is 24.0. The molecule has 0 radical (unpaired) electrons. The summed E-state index contributed by atoms with van der Waals surface area (Å²) in [4.78, 5) is 13.2. The van der Waals surface area contributed by atoms with Crippen LogP contribution in [0.15, 0.2) is 77.7 Å². The molecule has 1 N–H and O–H groups in total. The Morgan fingerprint density at radius 1 is 1.11 bits per heavy atom. The van der Waals surface area contributed by atoms with E-state index in [1.54, 1.807) is 18.2 Å². The smallest absolute Gasteiger partial charge is 0.269 e. The molecule has 0 saturated carbocycles. The van der Waals surface area contributed by atoms with E-state index < -0.39 is 22.0 Å². The second-order valence-electron chi connectivity index (χ2n) is 7.70. The normalized spacial score (nSPS) is 15.1. The number of benzene rings is 3. The van der Waals surface area contributed by atoms with E-state index in [0.717, 1.165) is 9.87 Å². The fraction of sp³-hybridized carbons (Fsp3) is 0.125. The second kappa shape index (κ2) is 9.76. The Morgan fingerprint density at radius 3 is 2.58 bits per heavy atom. The van der Waals surface area contributed by atoms with Crippen molar-refractivity contribution in [2.24, 2.45) is 0 Å². The van der Waals surface area contributed by atoms with Crippen LogP contribution in [-0.4, -0.2) is 44.3 Å². The van der Waals surface area contributed by atoms with Crippen LogP contribution in [0, 0.1) is 0 Å². The van der Waals surface area contributed by atoms with E-state index in [-0.39, 0.29) is 28.0 Å². The van der Waals surface area contributed by atoms with Gasteiger partial charge >= 0.3 is 0 Å². The van der Waals surface area contributed by atoms with Crippen LogP contribution in [0.1, 0.15) is 0 Å². The van der Waals surface area contributed by atoms with E-state index in [1.807, 2.05) is 30.3 Å². The van der Waals surface area contributed by atoms with Crippen molar-refractivity contribution in [1.29, 1.82) is 0 Å². The van der Waals surface area contributed by atoms with Gasteiger partial charge in [0.25, 0.3) is 15.9 Å². The predicted octanol–water partition coefficient (Wildman–Crippen LogP) is 4.46. The SMILES string of the molecule is COc1ccc(S(=O)(=O)N2C[C@H](C(=O)Nc3nnc(-c4ccccc4)s3)Oc3ccc(Cl)cc32)cc1. The predicted molar refractivity (Wildman–Crippen MR) is 137 cm³/mol. The highest BCUT2D eigenvalue weighted by atomic mass is 35.5. The molecule has 0 fully saturated rings. The first-order valence-electron chi connectivity index (χ1n) is 10.7. The molecule has 0 bridgehead atoms. The number of ether oxygens (including phenoxy) is 2. The number of amides is 1. The molecular weight excluding hydrogens is 524 g/mol. The summed E-state index contributed by atoms with van der Waals surface area (Å²) in [5.74, 6) is 0.176. The molecule has 12 heteroatoms. The van der Waals surface area contributed by atoms with E-state index in [0.29, 0.717) is 15.8 Å². The van der Waals surface area contributed by atoms with Crippen LogP contribution in [0.2, 0.25) is 5.02 Å². The lowest BCUT2D eigenvalue weighted by Gasteiger charge is -2.34. The Hall–Kier alpha value is -3.67. The molecule has 1 atom stereocenters. The molecule has 2 heterocycles. The number of halogens is 1. The number of anilines is 2. The van der Waals surface area contributed by atoms with Crippen molar-refractivity contribution >= 4 is 49.7 Å². The zero-order valence-corrected chi connectivity index (χ0v) is 21.2. The fourth-order valence-electron chi connectivity index (χ4n) is 3.62. The summed E-state index contributed by atoms with van der Waals surface area (Å²) >= 11 is 7.35. The van der Waals surface area contributed by atoms with Crippen molar-refractivity contribution in [3.63, 3.8) is 0 Å².